The monoisotopic (exact) mass is 596 g/mol. The maximum absolute atomic E-state index is 13.2. The van der Waals surface area contributed by atoms with Gasteiger partial charge in [-0.25, -0.2) is 0 Å². The Morgan fingerprint density at radius 2 is 1.09 bits per heavy atom. The molecule has 0 bridgehead atoms. The first-order valence-electron chi connectivity index (χ1n) is 12.7. The van der Waals surface area contributed by atoms with Gasteiger partial charge in [-0.2, -0.15) is 13.2 Å². The highest BCUT2D eigenvalue weighted by atomic mass is 28.5. The second-order valence-corrected chi connectivity index (χ2v) is 31.2. The molecule has 0 amide bonds. The summed E-state index contributed by atoms with van der Waals surface area (Å²) in [4.78, 5) is 0. The van der Waals surface area contributed by atoms with Crippen molar-refractivity contribution in [2.45, 2.75) is 109 Å². The molecular formula is C21H51F3O6Si5. The van der Waals surface area contributed by atoms with Crippen molar-refractivity contribution in [3.05, 3.63) is 0 Å². The van der Waals surface area contributed by atoms with Crippen LogP contribution < -0.4 is 0 Å². The average molecular weight is 597 g/mol. The molecule has 14 heteroatoms. The fourth-order valence-electron chi connectivity index (χ4n) is 3.73. The van der Waals surface area contributed by atoms with Crippen molar-refractivity contribution in [3.8, 4) is 0 Å². The summed E-state index contributed by atoms with van der Waals surface area (Å²) in [5, 5.41) is 0. The Morgan fingerprint density at radius 1 is 0.629 bits per heavy atom. The molecule has 0 aromatic heterocycles. The second kappa shape index (κ2) is 14.7. The van der Waals surface area contributed by atoms with Gasteiger partial charge in [0.15, 0.2) is 16.6 Å². The van der Waals surface area contributed by atoms with Crippen LogP contribution in [-0.2, 0) is 25.9 Å². The third-order valence-electron chi connectivity index (χ3n) is 5.82. The molecule has 6 nitrogen and oxygen atoms in total. The van der Waals surface area contributed by atoms with E-state index in [1.807, 2.05) is 33.1 Å². The number of alkyl halides is 3. The molecule has 0 aliphatic rings. The summed E-state index contributed by atoms with van der Waals surface area (Å²) in [6.07, 6.45) is -4.38. The van der Waals surface area contributed by atoms with E-state index in [9.17, 15) is 13.2 Å². The number of rotatable bonds is 19. The summed E-state index contributed by atoms with van der Waals surface area (Å²) in [5.74, 6) is 0. The highest BCUT2D eigenvalue weighted by Gasteiger charge is 2.49. The summed E-state index contributed by atoms with van der Waals surface area (Å²) < 4.78 is 76.6. The Balaban J connectivity index is 5.67. The van der Waals surface area contributed by atoms with Crippen LogP contribution in [-0.4, -0.2) is 75.4 Å². The lowest BCUT2D eigenvalue weighted by Crippen LogP contribution is -2.60. The second-order valence-electron chi connectivity index (χ2n) is 11.1. The molecular weight excluding hydrogens is 546 g/mol. The van der Waals surface area contributed by atoms with E-state index in [2.05, 4.69) is 26.6 Å². The van der Waals surface area contributed by atoms with E-state index < -0.39 is 54.9 Å². The van der Waals surface area contributed by atoms with Gasteiger partial charge in [0.2, 0.25) is 0 Å². The van der Waals surface area contributed by atoms with Gasteiger partial charge in [0, 0.05) is 20.1 Å². The van der Waals surface area contributed by atoms with Crippen molar-refractivity contribution in [3.63, 3.8) is 0 Å². The van der Waals surface area contributed by atoms with Crippen molar-refractivity contribution in [2.75, 3.05) is 26.9 Å². The average Bonchev–Trinajstić information content (AvgIpc) is 2.67. The third-order valence-corrected chi connectivity index (χ3v) is 26.9. The normalized spacial score (nSPS) is 17.3. The van der Waals surface area contributed by atoms with Gasteiger partial charge in [0.1, 0.15) is 0 Å². The van der Waals surface area contributed by atoms with E-state index in [1.165, 1.54) is 0 Å². The molecule has 0 aromatic rings. The van der Waals surface area contributed by atoms with Crippen LogP contribution >= 0.6 is 0 Å². The lowest BCUT2D eigenvalue weighted by Gasteiger charge is -2.44. The van der Waals surface area contributed by atoms with Gasteiger partial charge in [-0.3, -0.25) is 0 Å². The first-order chi connectivity index (χ1) is 15.7. The Bertz CT molecular complexity index is 612. The molecule has 0 heterocycles. The van der Waals surface area contributed by atoms with Crippen LogP contribution in [0.5, 0.6) is 0 Å². The minimum atomic E-state index is -4.25. The van der Waals surface area contributed by atoms with E-state index in [4.69, 9.17) is 25.9 Å². The number of halogens is 3. The molecule has 0 N–H and O–H groups in total. The van der Waals surface area contributed by atoms with Crippen molar-refractivity contribution < 1.29 is 39.1 Å². The molecule has 0 aromatic carbocycles. The molecule has 0 rings (SSSR count). The molecule has 212 valence electrons. The number of hydrogen-bond acceptors (Lipinski definition) is 6. The summed E-state index contributed by atoms with van der Waals surface area (Å²) in [6.45, 7) is 21.9. The molecule has 2 atom stereocenters. The van der Waals surface area contributed by atoms with Gasteiger partial charge in [0.05, 0.1) is 13.2 Å². The third kappa shape index (κ3) is 17.0. The molecule has 0 aliphatic heterocycles. The molecule has 2 unspecified atom stereocenters. The van der Waals surface area contributed by atoms with E-state index >= 15 is 0 Å². The smallest absolute Gasteiger partial charge is 0.389 e. The van der Waals surface area contributed by atoms with Gasteiger partial charge >= 0.3 is 31.9 Å². The van der Waals surface area contributed by atoms with Crippen LogP contribution in [0.15, 0.2) is 0 Å². The van der Waals surface area contributed by atoms with Gasteiger partial charge in [-0.05, 0) is 83.0 Å². The van der Waals surface area contributed by atoms with Crippen LogP contribution in [0, 0.1) is 0 Å². The SMILES string of the molecule is CC[Si](C)(C)O[Si](C)(CCCOCCOC)O[Si](C)(C)O[Si](C)(CCC(F)(F)F)O[Si](C)(C)CC. The summed E-state index contributed by atoms with van der Waals surface area (Å²) in [6, 6.07) is 2.35. The van der Waals surface area contributed by atoms with Crippen LogP contribution in [0.1, 0.15) is 26.7 Å². The first kappa shape index (κ1) is 35.6. The lowest BCUT2D eigenvalue weighted by molar-refractivity contribution is -0.131. The van der Waals surface area contributed by atoms with E-state index in [1.54, 1.807) is 13.7 Å². The number of hydrogen-bond donors (Lipinski definition) is 0. The summed E-state index contributed by atoms with van der Waals surface area (Å²) in [7, 11) is -11.2. The standard InChI is InChI=1S/C21H51F3O6Si5/c1-12-31(4,5)27-34(10,19-14-16-26-18-17-25-3)29-33(8,9)30-35(11,20-15-21(22,23)24)28-32(6,7)13-2/h12-20H2,1-11H3. The van der Waals surface area contributed by atoms with Crippen molar-refractivity contribution in [1.29, 1.82) is 0 Å². The molecule has 0 aliphatic carbocycles. The zero-order valence-electron chi connectivity index (χ0n) is 23.9. The summed E-state index contributed by atoms with van der Waals surface area (Å²) >= 11 is 0. The van der Waals surface area contributed by atoms with Gasteiger partial charge in [0.25, 0.3) is 0 Å². The minimum absolute atomic E-state index is 0.131. The highest BCUT2D eigenvalue weighted by molar-refractivity contribution is 6.91. The van der Waals surface area contributed by atoms with Crippen LogP contribution in [0.4, 0.5) is 13.2 Å². The molecule has 35 heavy (non-hydrogen) atoms. The summed E-state index contributed by atoms with van der Waals surface area (Å²) in [5.41, 5.74) is 0. The molecule has 0 saturated carbocycles. The topological polar surface area (TPSA) is 55.4 Å². The quantitative estimate of drug-likeness (QED) is 0.115. The van der Waals surface area contributed by atoms with Crippen molar-refractivity contribution in [2.24, 2.45) is 0 Å². The molecule has 0 radical (unpaired) electrons. The first-order valence-corrected chi connectivity index (χ1v) is 26.8. The maximum atomic E-state index is 13.2. The minimum Gasteiger partial charge on any atom is -0.436 e. The van der Waals surface area contributed by atoms with Crippen molar-refractivity contribution in [1.82, 2.24) is 0 Å². The number of methoxy groups -OCH3 is 1. The predicted octanol–water partition coefficient (Wildman–Crippen LogP) is 7.35. The Labute approximate surface area is 217 Å². The van der Waals surface area contributed by atoms with Gasteiger partial charge in [-0.1, -0.05) is 13.8 Å². The lowest BCUT2D eigenvalue weighted by atomic mass is 10.5. The number of ether oxygens (including phenoxy) is 2. The molecule has 0 spiro atoms. The highest BCUT2D eigenvalue weighted by Crippen LogP contribution is 2.34. The van der Waals surface area contributed by atoms with Gasteiger partial charge in [-0.15, -0.1) is 0 Å². The van der Waals surface area contributed by atoms with E-state index in [0.29, 0.717) is 19.8 Å². The fraction of sp³-hybridized carbons (Fsp3) is 1.00. The Hall–Kier alpha value is 0.634. The predicted molar refractivity (Wildman–Crippen MR) is 149 cm³/mol. The fourth-order valence-corrected chi connectivity index (χ4v) is 27.3. The molecule has 0 fully saturated rings. The molecule has 0 saturated heterocycles. The van der Waals surface area contributed by atoms with Crippen molar-refractivity contribution >= 4 is 42.3 Å². The largest absolute Gasteiger partial charge is 0.436 e. The van der Waals surface area contributed by atoms with Crippen LogP contribution in [0.25, 0.3) is 0 Å². The Kier molecular flexibility index (Phi) is 15.0. The maximum Gasteiger partial charge on any atom is 0.389 e. The zero-order valence-corrected chi connectivity index (χ0v) is 28.9. The van der Waals surface area contributed by atoms with E-state index in [0.717, 1.165) is 24.6 Å². The van der Waals surface area contributed by atoms with Crippen LogP contribution in [0.2, 0.25) is 76.6 Å². The Morgan fingerprint density at radius 3 is 1.49 bits per heavy atom. The van der Waals surface area contributed by atoms with E-state index in [-0.39, 0.29) is 6.04 Å². The van der Waals surface area contributed by atoms with Crippen LogP contribution in [0.3, 0.4) is 0 Å². The van der Waals surface area contributed by atoms with Gasteiger partial charge < -0.3 is 25.9 Å². The zero-order chi connectivity index (χ0) is 27.6.